The quantitative estimate of drug-likeness (QED) is 0.104. The molecule has 6 rings (SSSR count). The largest absolute Gasteiger partial charge is 0.489 e. The number of carbonyl (C=O) groups is 1. The number of esters is 1. The molecule has 4 aromatic rings. The third-order valence-electron chi connectivity index (χ3n) is 9.73. The SMILES string of the molecule is CC(C)(C)OC(=O)CC/C(=C\F)COc1ccc(S(=O)(=O)Cc2cnc(N3CCCC3)nc2)cc1.NC/C(=C\F)COc1ccc(S(=O)(=O)Cc2cnc(N3CCCC3)nc2)cc1. The van der Waals surface area contributed by atoms with E-state index in [2.05, 4.69) is 29.7 Å². The Balaban J connectivity index is 0.000000243. The van der Waals surface area contributed by atoms with E-state index in [1.165, 1.54) is 48.5 Å². The third kappa shape index (κ3) is 15.4. The number of ether oxygens (including phenoxy) is 3. The Labute approximate surface area is 368 Å². The van der Waals surface area contributed by atoms with Gasteiger partial charge in [0.05, 0.1) is 34.0 Å². The summed E-state index contributed by atoms with van der Waals surface area (Å²) in [4.78, 5) is 33.5. The van der Waals surface area contributed by atoms with Crippen molar-refractivity contribution in [2.75, 3.05) is 55.7 Å². The number of nitrogens with zero attached hydrogens (tertiary/aromatic N) is 6. The van der Waals surface area contributed by atoms with Crippen molar-refractivity contribution in [3.05, 3.63) is 108 Å². The number of hydrogen-bond donors (Lipinski definition) is 1. The van der Waals surface area contributed by atoms with Crippen LogP contribution in [0.15, 0.2) is 107 Å². The molecule has 2 fully saturated rings. The fourth-order valence-electron chi connectivity index (χ4n) is 6.40. The zero-order valence-electron chi connectivity index (χ0n) is 35.8. The van der Waals surface area contributed by atoms with Crippen molar-refractivity contribution in [2.24, 2.45) is 5.73 Å². The van der Waals surface area contributed by atoms with Crippen LogP contribution in [0.1, 0.15) is 70.4 Å². The summed E-state index contributed by atoms with van der Waals surface area (Å²) in [5, 5.41) is 0. The Kier molecular flexibility index (Phi) is 17.5. The second-order valence-corrected chi connectivity index (χ2v) is 20.0. The summed E-state index contributed by atoms with van der Waals surface area (Å²) >= 11 is 0. The molecule has 2 N–H and O–H groups in total. The molecule has 0 aliphatic carbocycles. The highest BCUT2D eigenvalue weighted by atomic mass is 32.2. The number of carbonyl (C=O) groups excluding carboxylic acids is 1. The van der Waals surface area contributed by atoms with Crippen molar-refractivity contribution in [3.8, 4) is 11.5 Å². The van der Waals surface area contributed by atoms with Crippen LogP contribution < -0.4 is 25.0 Å². The monoisotopic (exact) mass is 911 g/mol. The minimum Gasteiger partial charge on any atom is -0.489 e. The van der Waals surface area contributed by atoms with Gasteiger partial charge in [0, 0.05) is 80.6 Å². The molecule has 0 atom stereocenters. The lowest BCUT2D eigenvalue weighted by molar-refractivity contribution is -0.154. The lowest BCUT2D eigenvalue weighted by atomic mass is 10.1. The van der Waals surface area contributed by atoms with Crippen LogP contribution in [0.2, 0.25) is 0 Å². The Morgan fingerprint density at radius 2 is 1.03 bits per heavy atom. The van der Waals surface area contributed by atoms with Gasteiger partial charge >= 0.3 is 5.97 Å². The summed E-state index contributed by atoms with van der Waals surface area (Å²) < 4.78 is 92.7. The Hall–Kier alpha value is -5.53. The van der Waals surface area contributed by atoms with E-state index >= 15 is 0 Å². The molecule has 0 amide bonds. The summed E-state index contributed by atoms with van der Waals surface area (Å²) in [5.41, 5.74) is 6.42. The van der Waals surface area contributed by atoms with Crippen LogP contribution in [0, 0.1) is 0 Å². The fourth-order valence-corrected chi connectivity index (χ4v) is 9.01. The summed E-state index contributed by atoms with van der Waals surface area (Å²) in [6.45, 7) is 9.00. The third-order valence-corrected chi connectivity index (χ3v) is 13.1. The van der Waals surface area contributed by atoms with Crippen LogP contribution in [0.5, 0.6) is 11.5 Å². The number of halogens is 2. The second-order valence-electron chi connectivity index (χ2n) is 16.0. The molecular weight excluding hydrogens is 857 g/mol. The van der Waals surface area contributed by atoms with Crippen molar-refractivity contribution < 1.29 is 44.6 Å². The van der Waals surface area contributed by atoms with Gasteiger partial charge in [0.15, 0.2) is 19.7 Å². The highest BCUT2D eigenvalue weighted by Gasteiger charge is 2.21. The Bertz CT molecular complexity index is 2370. The molecule has 2 aliphatic rings. The molecule has 2 aliphatic heterocycles. The van der Waals surface area contributed by atoms with Gasteiger partial charge in [-0.3, -0.25) is 4.79 Å². The van der Waals surface area contributed by atoms with E-state index in [1.54, 1.807) is 45.6 Å². The van der Waals surface area contributed by atoms with Gasteiger partial charge in [-0.15, -0.1) is 0 Å². The van der Waals surface area contributed by atoms with Gasteiger partial charge in [0.2, 0.25) is 11.9 Å². The molecule has 4 heterocycles. The van der Waals surface area contributed by atoms with E-state index in [-0.39, 0.29) is 53.9 Å². The smallest absolute Gasteiger partial charge is 0.306 e. The predicted molar refractivity (Wildman–Crippen MR) is 235 cm³/mol. The van der Waals surface area contributed by atoms with Gasteiger partial charge < -0.3 is 29.7 Å². The maximum absolute atomic E-state index is 13.2. The van der Waals surface area contributed by atoms with E-state index < -0.39 is 31.2 Å². The maximum atomic E-state index is 13.2. The zero-order chi connectivity index (χ0) is 45.5. The van der Waals surface area contributed by atoms with Crippen LogP contribution in [0.3, 0.4) is 0 Å². The number of anilines is 2. The lowest BCUT2D eigenvalue weighted by Crippen LogP contribution is -2.23. The minimum absolute atomic E-state index is 0.0137. The van der Waals surface area contributed by atoms with Crippen LogP contribution in [0.25, 0.3) is 0 Å². The van der Waals surface area contributed by atoms with Gasteiger partial charge in [-0.05, 0) is 107 Å². The van der Waals surface area contributed by atoms with E-state index in [0.29, 0.717) is 58.3 Å². The van der Waals surface area contributed by atoms with Gasteiger partial charge in [-0.2, -0.15) is 0 Å². The molecule has 15 nitrogen and oxygen atoms in total. The first-order valence-corrected chi connectivity index (χ1v) is 23.9. The number of rotatable bonds is 18. The fraction of sp³-hybridized carbons (Fsp3) is 0.432. The molecule has 2 aromatic heterocycles. The second kappa shape index (κ2) is 22.7. The Morgan fingerprint density at radius 3 is 1.38 bits per heavy atom. The van der Waals surface area contributed by atoms with Gasteiger partial charge in [0.25, 0.3) is 0 Å². The van der Waals surface area contributed by atoms with Gasteiger partial charge in [-0.1, -0.05) is 0 Å². The van der Waals surface area contributed by atoms with Gasteiger partial charge in [-0.25, -0.2) is 45.6 Å². The molecular formula is C44H55F2N7O8S2. The summed E-state index contributed by atoms with van der Waals surface area (Å²) in [5.74, 6) is 1.27. The predicted octanol–water partition coefficient (Wildman–Crippen LogP) is 6.65. The number of hydrogen-bond acceptors (Lipinski definition) is 15. The number of benzene rings is 2. The first kappa shape index (κ1) is 48.5. The van der Waals surface area contributed by atoms with Crippen molar-refractivity contribution in [1.82, 2.24) is 19.9 Å². The average Bonchev–Trinajstić information content (AvgIpc) is 4.01. The molecule has 19 heteroatoms. The highest BCUT2D eigenvalue weighted by molar-refractivity contribution is 7.91. The number of nitrogens with two attached hydrogens (primary N) is 1. The molecule has 0 unspecified atom stereocenters. The Morgan fingerprint density at radius 1 is 0.651 bits per heavy atom. The van der Waals surface area contributed by atoms with E-state index in [9.17, 15) is 30.4 Å². The van der Waals surface area contributed by atoms with E-state index in [1.807, 2.05) is 0 Å². The van der Waals surface area contributed by atoms with Crippen molar-refractivity contribution in [3.63, 3.8) is 0 Å². The molecule has 0 radical (unpaired) electrons. The molecule has 2 saturated heterocycles. The molecule has 0 spiro atoms. The van der Waals surface area contributed by atoms with Crippen LogP contribution in [-0.4, -0.2) is 94.3 Å². The molecule has 0 saturated carbocycles. The molecule has 63 heavy (non-hydrogen) atoms. The molecule has 0 bridgehead atoms. The summed E-state index contributed by atoms with van der Waals surface area (Å²) in [6.07, 6.45) is 11.7. The average molecular weight is 912 g/mol. The zero-order valence-corrected chi connectivity index (χ0v) is 37.4. The standard InChI is InChI=1S/C25H32FN3O5S.C19H23FN4O3S/c1-25(2,3)34-23(30)11-6-19(14-26)17-33-21-7-9-22(10-8-21)35(31,32)18-20-15-27-24(28-16-20)29-12-4-5-13-29;20-9-15(10-21)13-27-17-3-5-18(6-4-17)28(25,26)14-16-11-22-19(23-12-16)24-7-1-2-8-24/h7-10,14-16H,4-6,11-13,17-18H2,1-3H3;3-6,9,11-12H,1-2,7-8,10,13-14,21H2/b19-14+;15-9+. The summed E-state index contributed by atoms with van der Waals surface area (Å²) in [6, 6.07) is 11.9. The topological polar surface area (TPSA) is 197 Å². The maximum Gasteiger partial charge on any atom is 0.306 e. The van der Waals surface area contributed by atoms with Crippen LogP contribution in [0.4, 0.5) is 20.7 Å². The van der Waals surface area contributed by atoms with Crippen molar-refractivity contribution in [1.29, 1.82) is 0 Å². The normalized spacial score (nSPS) is 14.9. The minimum atomic E-state index is -3.60. The van der Waals surface area contributed by atoms with Crippen LogP contribution >= 0.6 is 0 Å². The number of aromatic nitrogens is 4. The van der Waals surface area contributed by atoms with Gasteiger partial charge in [0.1, 0.15) is 30.3 Å². The highest BCUT2D eigenvalue weighted by Crippen LogP contribution is 2.24. The first-order chi connectivity index (χ1) is 30.1. The van der Waals surface area contributed by atoms with Crippen molar-refractivity contribution in [2.45, 2.75) is 86.2 Å². The first-order valence-electron chi connectivity index (χ1n) is 20.6. The lowest BCUT2D eigenvalue weighted by Gasteiger charge is -2.19. The van der Waals surface area contributed by atoms with Crippen LogP contribution in [-0.2, 0) is 40.7 Å². The number of sulfone groups is 2. The molecule has 340 valence electrons. The van der Waals surface area contributed by atoms with E-state index in [4.69, 9.17) is 19.9 Å². The van der Waals surface area contributed by atoms with Crippen molar-refractivity contribution >= 4 is 37.5 Å². The summed E-state index contributed by atoms with van der Waals surface area (Å²) in [7, 11) is -7.15. The molecule has 2 aromatic carbocycles. The van der Waals surface area contributed by atoms with E-state index in [0.717, 1.165) is 51.9 Å².